The van der Waals surface area contributed by atoms with Gasteiger partial charge in [-0.1, -0.05) is 52.0 Å². The van der Waals surface area contributed by atoms with Crippen LogP contribution in [0.1, 0.15) is 77.8 Å². The van der Waals surface area contributed by atoms with E-state index >= 15 is 0 Å². The monoisotopic (exact) mass is 912 g/mol. The molecule has 0 aliphatic rings. The molecule has 0 aromatic heterocycles. The molecule has 0 heterocycles. The first-order chi connectivity index (χ1) is 30.5. The van der Waals surface area contributed by atoms with Crippen molar-refractivity contribution in [2.45, 2.75) is 122 Å². The zero-order valence-corrected chi connectivity index (χ0v) is 37.2. The number of nitrogens with one attached hydrogen (secondary N) is 6. The molecule has 7 atom stereocenters. The van der Waals surface area contributed by atoms with Crippen molar-refractivity contribution < 1.29 is 58.8 Å². The summed E-state index contributed by atoms with van der Waals surface area (Å²) in [5.41, 5.74) is 17.9. The number of nitrogens with two attached hydrogens (primary N) is 3. The fourth-order valence-electron chi connectivity index (χ4n) is 6.33. The highest BCUT2D eigenvalue weighted by Crippen LogP contribution is 2.15. The summed E-state index contributed by atoms with van der Waals surface area (Å²) in [5.74, 6) is -8.67. The lowest BCUT2D eigenvalue weighted by atomic mass is 9.99. The minimum absolute atomic E-state index is 0.0284. The number of rotatable bonds is 27. The standard InChI is InChI=1S/C43H64N10O12/c1-22(2)19-32(51-37(59)29(44)20-25-8-12-27(54)13-9-25)39(61)52-33(21-26-10-14-28(55)15-11-26)40(62)49-30(16-17-34(56)57)38(60)53-35(23(3)4)41(63)48-24(5)36(58)50-31(42(64)65)7-6-18-47-43(45)46/h8-15,22-24,29-33,35,54-55H,6-7,16-21,44H2,1-5H3,(H,48,63)(H,49,62)(H,50,58)(H,51,59)(H,52,61)(H,53,60)(H,56,57)(H,64,65)(H4,45,46,47)/t24-,29-,30-,31-,32-,33-,35-/m0/s1. The first kappa shape index (κ1) is 54.2. The Balaban J connectivity index is 2.32. The number of hydrogen-bond acceptors (Lipinski definition) is 12. The van der Waals surface area contributed by atoms with Gasteiger partial charge in [0.05, 0.1) is 6.04 Å². The molecule has 0 bridgehead atoms. The van der Waals surface area contributed by atoms with Crippen LogP contribution >= 0.6 is 0 Å². The van der Waals surface area contributed by atoms with E-state index in [0.29, 0.717) is 11.1 Å². The SMILES string of the molecule is CC(C)C[C@H](NC(=O)[C@@H](N)Cc1ccc(O)cc1)C(=O)N[C@@H](Cc1ccc(O)cc1)C(=O)N[C@@H](CCC(=O)O)C(=O)N[C@H](C(=O)N[C@@H](C)C(=O)N[C@@H](CCCN=C(N)N)C(=O)O)C(C)C. The molecule has 16 N–H and O–H groups in total. The third-order valence-corrected chi connectivity index (χ3v) is 9.92. The first-order valence-corrected chi connectivity index (χ1v) is 21.1. The van der Waals surface area contributed by atoms with E-state index in [4.69, 9.17) is 17.2 Å². The van der Waals surface area contributed by atoms with Crippen LogP contribution < -0.4 is 49.1 Å². The number of carboxylic acid groups (broad SMARTS) is 2. The van der Waals surface area contributed by atoms with Crippen molar-refractivity contribution in [3.8, 4) is 11.5 Å². The molecular weight excluding hydrogens is 849 g/mol. The number of phenols is 2. The number of aliphatic imine (C=N–C) groups is 1. The summed E-state index contributed by atoms with van der Waals surface area (Å²) in [6.07, 6.45) is -0.853. The molecule has 0 radical (unpaired) electrons. The second-order valence-corrected chi connectivity index (χ2v) is 16.4. The Kier molecular flexibility index (Phi) is 22.2. The maximum Gasteiger partial charge on any atom is 0.326 e. The summed E-state index contributed by atoms with van der Waals surface area (Å²) in [5, 5.41) is 53.7. The average molecular weight is 913 g/mol. The molecule has 0 spiro atoms. The third-order valence-electron chi connectivity index (χ3n) is 9.92. The van der Waals surface area contributed by atoms with Gasteiger partial charge in [0, 0.05) is 19.4 Å². The molecule has 0 fully saturated rings. The topological polar surface area (TPSA) is 380 Å². The summed E-state index contributed by atoms with van der Waals surface area (Å²) in [7, 11) is 0. The molecule has 0 saturated carbocycles. The highest BCUT2D eigenvalue weighted by molar-refractivity contribution is 5.97. The Hall–Kier alpha value is -6.97. The molecule has 358 valence electrons. The van der Waals surface area contributed by atoms with Gasteiger partial charge in [-0.15, -0.1) is 0 Å². The summed E-state index contributed by atoms with van der Waals surface area (Å²) in [4.78, 5) is 109. The molecule has 6 amide bonds. The Morgan fingerprint density at radius 3 is 1.58 bits per heavy atom. The third kappa shape index (κ3) is 20.0. The van der Waals surface area contributed by atoms with Gasteiger partial charge in [-0.05, 0) is 86.3 Å². The molecule has 0 unspecified atom stereocenters. The Bertz CT molecular complexity index is 1970. The van der Waals surface area contributed by atoms with Crippen molar-refractivity contribution >= 4 is 53.3 Å². The van der Waals surface area contributed by atoms with Gasteiger partial charge in [-0.2, -0.15) is 0 Å². The van der Waals surface area contributed by atoms with E-state index in [1.54, 1.807) is 26.0 Å². The van der Waals surface area contributed by atoms with Crippen LogP contribution in [0.4, 0.5) is 0 Å². The van der Waals surface area contributed by atoms with Crippen LogP contribution in [0.15, 0.2) is 53.5 Å². The second-order valence-electron chi connectivity index (χ2n) is 16.4. The number of nitrogens with zero attached hydrogens (tertiary/aromatic N) is 1. The fraction of sp³-hybridized carbons (Fsp3) is 0.512. The summed E-state index contributed by atoms with van der Waals surface area (Å²) >= 11 is 0. The minimum Gasteiger partial charge on any atom is -0.508 e. The van der Waals surface area contributed by atoms with Crippen LogP contribution in [0.5, 0.6) is 11.5 Å². The van der Waals surface area contributed by atoms with Gasteiger partial charge in [0.1, 0.15) is 47.8 Å². The van der Waals surface area contributed by atoms with Gasteiger partial charge in [0.2, 0.25) is 35.4 Å². The van der Waals surface area contributed by atoms with Gasteiger partial charge in [0.15, 0.2) is 5.96 Å². The first-order valence-electron chi connectivity index (χ1n) is 21.1. The highest BCUT2D eigenvalue weighted by atomic mass is 16.4. The lowest BCUT2D eigenvalue weighted by molar-refractivity contribution is -0.142. The number of carbonyl (C=O) groups excluding carboxylic acids is 6. The van der Waals surface area contributed by atoms with E-state index in [2.05, 4.69) is 36.9 Å². The Labute approximate surface area is 376 Å². The van der Waals surface area contributed by atoms with Crippen LogP contribution in [0.3, 0.4) is 0 Å². The van der Waals surface area contributed by atoms with E-state index in [1.807, 2.05) is 13.8 Å². The van der Waals surface area contributed by atoms with Crippen molar-refractivity contribution in [1.82, 2.24) is 31.9 Å². The number of aliphatic carboxylic acids is 2. The number of amides is 6. The predicted octanol–water partition coefficient (Wildman–Crippen LogP) is -1.16. The number of guanidine groups is 1. The number of carbonyl (C=O) groups is 8. The number of hydrogen-bond donors (Lipinski definition) is 13. The molecule has 2 aromatic rings. The van der Waals surface area contributed by atoms with Crippen molar-refractivity contribution in [3.05, 3.63) is 59.7 Å². The van der Waals surface area contributed by atoms with Gasteiger partial charge >= 0.3 is 11.9 Å². The second kappa shape index (κ2) is 26.6. The predicted molar refractivity (Wildman–Crippen MR) is 238 cm³/mol. The molecule has 65 heavy (non-hydrogen) atoms. The van der Waals surface area contributed by atoms with E-state index in [1.165, 1.54) is 43.3 Å². The fourth-order valence-corrected chi connectivity index (χ4v) is 6.33. The van der Waals surface area contributed by atoms with E-state index < -0.39 is 108 Å². The lowest BCUT2D eigenvalue weighted by Gasteiger charge is -2.28. The summed E-state index contributed by atoms with van der Waals surface area (Å²) in [6.45, 7) is 8.19. The van der Waals surface area contributed by atoms with Crippen LogP contribution in [0.2, 0.25) is 0 Å². The van der Waals surface area contributed by atoms with Gasteiger partial charge in [-0.25, -0.2) is 4.79 Å². The zero-order valence-electron chi connectivity index (χ0n) is 37.2. The van der Waals surface area contributed by atoms with Crippen molar-refractivity contribution in [2.75, 3.05) is 6.54 Å². The van der Waals surface area contributed by atoms with Crippen molar-refractivity contribution in [2.24, 2.45) is 34.0 Å². The molecule has 2 rings (SSSR count). The van der Waals surface area contributed by atoms with Crippen LogP contribution in [0, 0.1) is 11.8 Å². The average Bonchev–Trinajstić information content (AvgIpc) is 3.22. The Morgan fingerprint density at radius 1 is 0.585 bits per heavy atom. The minimum atomic E-state index is -1.58. The maximum atomic E-state index is 14.1. The molecule has 0 aliphatic carbocycles. The molecule has 0 saturated heterocycles. The van der Waals surface area contributed by atoms with Gasteiger partial charge in [0.25, 0.3) is 0 Å². The van der Waals surface area contributed by atoms with Crippen molar-refractivity contribution in [1.29, 1.82) is 0 Å². The number of phenolic OH excluding ortho intramolecular Hbond substituents is 2. The van der Waals surface area contributed by atoms with E-state index in [0.717, 1.165) is 0 Å². The van der Waals surface area contributed by atoms with Crippen LogP contribution in [-0.4, -0.2) is 123 Å². The van der Waals surface area contributed by atoms with E-state index in [-0.39, 0.29) is 62.0 Å². The Morgan fingerprint density at radius 2 is 1.08 bits per heavy atom. The number of carboxylic acids is 2. The smallest absolute Gasteiger partial charge is 0.326 e. The largest absolute Gasteiger partial charge is 0.508 e. The lowest BCUT2D eigenvalue weighted by Crippen LogP contribution is -2.60. The van der Waals surface area contributed by atoms with Crippen LogP contribution in [0.25, 0.3) is 0 Å². The molecule has 2 aromatic carbocycles. The maximum absolute atomic E-state index is 14.1. The molecular formula is C43H64N10O12. The zero-order chi connectivity index (χ0) is 49.0. The number of benzene rings is 2. The van der Waals surface area contributed by atoms with Gasteiger partial charge < -0.3 is 69.5 Å². The van der Waals surface area contributed by atoms with Crippen LogP contribution in [-0.2, 0) is 51.2 Å². The number of aromatic hydroxyl groups is 2. The van der Waals surface area contributed by atoms with Gasteiger partial charge in [-0.3, -0.25) is 38.6 Å². The molecule has 22 nitrogen and oxygen atoms in total. The summed E-state index contributed by atoms with van der Waals surface area (Å²) < 4.78 is 0. The normalized spacial score (nSPS) is 14.3. The molecule has 22 heteroatoms. The quantitative estimate of drug-likeness (QED) is 0.0286. The highest BCUT2D eigenvalue weighted by Gasteiger charge is 2.34. The van der Waals surface area contributed by atoms with E-state index in [9.17, 15) is 58.8 Å². The van der Waals surface area contributed by atoms with Crippen molar-refractivity contribution in [3.63, 3.8) is 0 Å². The molecule has 0 aliphatic heterocycles. The summed E-state index contributed by atoms with van der Waals surface area (Å²) in [6, 6.07) is 2.53.